The molecule has 1 aliphatic heterocycles. The van der Waals surface area contributed by atoms with Crippen molar-refractivity contribution in [3.05, 3.63) is 41.7 Å². The molecule has 11 heteroatoms. The zero-order chi connectivity index (χ0) is 18.7. The minimum atomic E-state index is -3.53. The van der Waals surface area contributed by atoms with Crippen molar-refractivity contribution in [2.75, 3.05) is 26.3 Å². The molecule has 1 fully saturated rings. The van der Waals surface area contributed by atoms with Gasteiger partial charge in [0.2, 0.25) is 21.7 Å². The molecule has 0 aromatic carbocycles. The first-order chi connectivity index (χ1) is 13.1. The van der Waals surface area contributed by atoms with Gasteiger partial charge in [-0.3, -0.25) is 0 Å². The van der Waals surface area contributed by atoms with Gasteiger partial charge in [0.1, 0.15) is 4.90 Å². The van der Waals surface area contributed by atoms with E-state index in [1.54, 1.807) is 23.5 Å². The maximum absolute atomic E-state index is 12.6. The van der Waals surface area contributed by atoms with E-state index < -0.39 is 10.0 Å². The quantitative estimate of drug-likeness (QED) is 0.557. The van der Waals surface area contributed by atoms with Gasteiger partial charge in [0.25, 0.3) is 0 Å². The highest BCUT2D eigenvalue weighted by Crippen LogP contribution is 2.25. The van der Waals surface area contributed by atoms with Gasteiger partial charge in [-0.15, -0.1) is 11.3 Å². The smallest absolute Gasteiger partial charge is 0.244 e. The van der Waals surface area contributed by atoms with Crippen LogP contribution in [0.25, 0.3) is 10.7 Å². The molecule has 0 bridgehead atoms. The van der Waals surface area contributed by atoms with E-state index in [1.165, 1.54) is 22.3 Å². The second-order valence-electron chi connectivity index (χ2n) is 5.63. The minimum absolute atomic E-state index is 0.187. The first-order valence-electron chi connectivity index (χ1n) is 8.16. The molecule has 1 saturated heterocycles. The molecule has 0 spiro atoms. The summed E-state index contributed by atoms with van der Waals surface area (Å²) < 4.78 is 37.0. The van der Waals surface area contributed by atoms with Crippen LogP contribution in [-0.4, -0.2) is 54.2 Å². The number of sulfonamides is 1. The Labute approximate surface area is 164 Å². The van der Waals surface area contributed by atoms with Crippen LogP contribution in [-0.2, 0) is 20.5 Å². The van der Waals surface area contributed by atoms with E-state index in [9.17, 15) is 8.42 Å². The zero-order valence-electron chi connectivity index (χ0n) is 14.1. The van der Waals surface area contributed by atoms with Gasteiger partial charge >= 0.3 is 0 Å². The van der Waals surface area contributed by atoms with E-state index in [0.717, 1.165) is 4.88 Å². The van der Waals surface area contributed by atoms with Crippen LogP contribution < -0.4 is 0 Å². The van der Waals surface area contributed by atoms with E-state index in [2.05, 4.69) is 15.1 Å². The third-order valence-electron chi connectivity index (χ3n) is 3.87. The van der Waals surface area contributed by atoms with E-state index in [-0.39, 0.29) is 4.90 Å². The SMILES string of the molecule is O=S(=O)(c1ccc(SCc2nc(-c3cccs3)no2)nc1)N1CCOCC1. The third-order valence-corrected chi connectivity index (χ3v) is 7.55. The number of morpholine rings is 1. The summed E-state index contributed by atoms with van der Waals surface area (Å²) in [7, 11) is -3.53. The summed E-state index contributed by atoms with van der Waals surface area (Å²) in [6.45, 7) is 1.56. The highest BCUT2D eigenvalue weighted by Gasteiger charge is 2.26. The van der Waals surface area contributed by atoms with Gasteiger partial charge in [-0.25, -0.2) is 13.4 Å². The fraction of sp³-hybridized carbons (Fsp3) is 0.312. The van der Waals surface area contributed by atoms with E-state index in [0.29, 0.717) is 48.8 Å². The van der Waals surface area contributed by atoms with Crippen LogP contribution in [0.5, 0.6) is 0 Å². The summed E-state index contributed by atoms with van der Waals surface area (Å²) >= 11 is 2.95. The molecule has 0 saturated carbocycles. The fourth-order valence-corrected chi connectivity index (χ4v) is 5.18. The van der Waals surface area contributed by atoms with Crippen LogP contribution in [0, 0.1) is 0 Å². The molecule has 4 rings (SSSR count). The Bertz CT molecular complexity index is 981. The normalized spacial score (nSPS) is 15.9. The van der Waals surface area contributed by atoms with Crippen molar-refractivity contribution in [2.45, 2.75) is 15.7 Å². The lowest BCUT2D eigenvalue weighted by Gasteiger charge is -2.25. The predicted octanol–water partition coefficient (Wildman–Crippen LogP) is 2.51. The fourth-order valence-electron chi connectivity index (χ4n) is 2.50. The van der Waals surface area contributed by atoms with Crippen LogP contribution >= 0.6 is 23.1 Å². The number of thioether (sulfide) groups is 1. The van der Waals surface area contributed by atoms with Gasteiger partial charge in [0.15, 0.2) is 0 Å². The molecule has 3 aromatic rings. The van der Waals surface area contributed by atoms with Crippen molar-refractivity contribution in [3.8, 4) is 10.7 Å². The monoisotopic (exact) mass is 424 g/mol. The Hall–Kier alpha value is -1.79. The maximum atomic E-state index is 12.6. The average molecular weight is 425 g/mol. The molecule has 142 valence electrons. The molecule has 0 radical (unpaired) electrons. The van der Waals surface area contributed by atoms with E-state index in [1.807, 2.05) is 17.5 Å². The summed E-state index contributed by atoms with van der Waals surface area (Å²) in [5.41, 5.74) is 0. The van der Waals surface area contributed by atoms with E-state index in [4.69, 9.17) is 9.26 Å². The Morgan fingerprint density at radius 2 is 2.07 bits per heavy atom. The minimum Gasteiger partial charge on any atom is -0.379 e. The molecule has 0 aliphatic carbocycles. The van der Waals surface area contributed by atoms with Gasteiger partial charge in [0, 0.05) is 19.3 Å². The summed E-state index contributed by atoms with van der Waals surface area (Å²) in [6, 6.07) is 7.13. The Balaban J connectivity index is 1.39. The van der Waals surface area contributed by atoms with Gasteiger partial charge in [-0.2, -0.15) is 9.29 Å². The molecule has 0 N–H and O–H groups in total. The van der Waals surface area contributed by atoms with Crippen molar-refractivity contribution >= 4 is 33.1 Å². The first kappa shape index (κ1) is 18.6. The van der Waals surface area contributed by atoms with Crippen LogP contribution in [0.2, 0.25) is 0 Å². The number of hydrogen-bond acceptors (Lipinski definition) is 9. The largest absolute Gasteiger partial charge is 0.379 e. The molecular formula is C16H16N4O4S3. The standard InChI is InChI=1S/C16H16N4O4S3/c21-27(22,20-5-7-23-8-6-20)12-3-4-15(17-10-12)26-11-14-18-16(19-24-14)13-2-1-9-25-13/h1-4,9-10H,5-8,11H2. The number of aromatic nitrogens is 3. The molecular weight excluding hydrogens is 408 g/mol. The average Bonchev–Trinajstić information content (AvgIpc) is 3.39. The lowest BCUT2D eigenvalue weighted by molar-refractivity contribution is 0.0730. The van der Waals surface area contributed by atoms with Crippen molar-refractivity contribution in [3.63, 3.8) is 0 Å². The number of nitrogens with zero attached hydrogens (tertiary/aromatic N) is 4. The number of pyridine rings is 1. The lowest BCUT2D eigenvalue weighted by atomic mass is 10.4. The summed E-state index contributed by atoms with van der Waals surface area (Å²) in [4.78, 5) is 9.74. The van der Waals surface area contributed by atoms with Crippen molar-refractivity contribution < 1.29 is 17.7 Å². The highest BCUT2D eigenvalue weighted by atomic mass is 32.2. The second-order valence-corrected chi connectivity index (χ2v) is 9.51. The molecule has 4 heterocycles. The maximum Gasteiger partial charge on any atom is 0.244 e. The topological polar surface area (TPSA) is 98.4 Å². The van der Waals surface area contributed by atoms with Crippen LogP contribution in [0.4, 0.5) is 0 Å². The molecule has 27 heavy (non-hydrogen) atoms. The molecule has 8 nitrogen and oxygen atoms in total. The van der Waals surface area contributed by atoms with Crippen molar-refractivity contribution in [1.82, 2.24) is 19.4 Å². The third kappa shape index (κ3) is 4.22. The van der Waals surface area contributed by atoms with Crippen LogP contribution in [0.3, 0.4) is 0 Å². The highest BCUT2D eigenvalue weighted by molar-refractivity contribution is 7.98. The summed E-state index contributed by atoms with van der Waals surface area (Å²) in [6.07, 6.45) is 1.39. The van der Waals surface area contributed by atoms with Gasteiger partial charge in [0.05, 0.1) is 28.9 Å². The number of rotatable bonds is 6. The molecule has 1 aliphatic rings. The predicted molar refractivity (Wildman–Crippen MR) is 101 cm³/mol. The Morgan fingerprint density at radius 1 is 1.22 bits per heavy atom. The van der Waals surface area contributed by atoms with Crippen molar-refractivity contribution in [2.24, 2.45) is 0 Å². The van der Waals surface area contributed by atoms with Crippen LogP contribution in [0.15, 0.2) is 50.3 Å². The van der Waals surface area contributed by atoms with Gasteiger partial charge in [-0.1, -0.05) is 23.0 Å². The zero-order valence-corrected chi connectivity index (χ0v) is 16.6. The number of hydrogen-bond donors (Lipinski definition) is 0. The first-order valence-corrected chi connectivity index (χ1v) is 11.5. The van der Waals surface area contributed by atoms with Gasteiger partial charge < -0.3 is 9.26 Å². The second kappa shape index (κ2) is 8.07. The summed E-state index contributed by atoms with van der Waals surface area (Å²) in [5, 5.41) is 6.61. The van der Waals surface area contributed by atoms with Gasteiger partial charge in [-0.05, 0) is 23.6 Å². The number of ether oxygens (including phenoxy) is 1. The molecule has 0 amide bonds. The Kier molecular flexibility index (Phi) is 5.55. The molecule has 0 unspecified atom stereocenters. The van der Waals surface area contributed by atoms with Crippen LogP contribution in [0.1, 0.15) is 5.89 Å². The summed E-state index contributed by atoms with van der Waals surface area (Å²) in [5.74, 6) is 1.52. The lowest BCUT2D eigenvalue weighted by Crippen LogP contribution is -2.40. The van der Waals surface area contributed by atoms with Crippen molar-refractivity contribution in [1.29, 1.82) is 0 Å². The molecule has 0 atom stereocenters. The number of thiophene rings is 1. The van der Waals surface area contributed by atoms with E-state index >= 15 is 0 Å². The Morgan fingerprint density at radius 3 is 2.78 bits per heavy atom. The molecule has 3 aromatic heterocycles.